The first-order chi connectivity index (χ1) is 5.77. The summed E-state index contributed by atoms with van der Waals surface area (Å²) in [6.07, 6.45) is 1.20. The molecule has 0 atom stereocenters. The third-order valence-electron chi connectivity index (χ3n) is 2.35. The number of hydrogen-bond donors (Lipinski definition) is 0. The van der Waals surface area contributed by atoms with Crippen molar-refractivity contribution < 1.29 is 0 Å². The summed E-state index contributed by atoms with van der Waals surface area (Å²) >= 11 is 0. The average Bonchev–Trinajstić information content (AvgIpc) is 2.31. The Balaban J connectivity index is 2.32. The van der Waals surface area contributed by atoms with Gasteiger partial charge in [-0.2, -0.15) is 0 Å². The highest BCUT2D eigenvalue weighted by atomic mass is 15.3. The van der Waals surface area contributed by atoms with Crippen LogP contribution in [0.1, 0.15) is 18.1 Å². The van der Waals surface area contributed by atoms with Gasteiger partial charge in [-0.05, 0) is 20.4 Å². The molecule has 0 radical (unpaired) electrons. The van der Waals surface area contributed by atoms with Crippen LogP contribution in [0.25, 0.3) is 0 Å². The molecule has 0 bridgehead atoms. The van der Waals surface area contributed by atoms with Crippen molar-refractivity contribution in [3.8, 4) is 0 Å². The molecule has 4 nitrogen and oxygen atoms in total. The van der Waals surface area contributed by atoms with Gasteiger partial charge in [0.15, 0.2) is 0 Å². The molecule has 0 spiro atoms. The second kappa shape index (κ2) is 2.86. The molecular formula is C8H14N4. The lowest BCUT2D eigenvalue weighted by molar-refractivity contribution is 0.328. The summed E-state index contributed by atoms with van der Waals surface area (Å²) in [6, 6.07) is 0. The van der Waals surface area contributed by atoms with Crippen molar-refractivity contribution in [1.29, 1.82) is 0 Å². The molecule has 0 N–H and O–H groups in total. The SMILES string of the molecule is Cc1nnc2n1CCCN(C)C2. The summed E-state index contributed by atoms with van der Waals surface area (Å²) in [5.74, 6) is 2.15. The Hall–Kier alpha value is -0.900. The maximum absolute atomic E-state index is 4.14. The normalized spacial score (nSPS) is 18.8. The average molecular weight is 166 g/mol. The lowest BCUT2D eigenvalue weighted by Crippen LogP contribution is -2.17. The van der Waals surface area contributed by atoms with E-state index in [1.54, 1.807) is 0 Å². The maximum Gasteiger partial charge on any atom is 0.147 e. The molecule has 0 unspecified atom stereocenters. The fourth-order valence-corrected chi connectivity index (χ4v) is 1.65. The Morgan fingerprint density at radius 1 is 1.25 bits per heavy atom. The van der Waals surface area contributed by atoms with Crippen molar-refractivity contribution in [3.05, 3.63) is 11.6 Å². The minimum atomic E-state index is 0.931. The second-order valence-corrected chi connectivity index (χ2v) is 3.41. The van der Waals surface area contributed by atoms with Crippen molar-refractivity contribution >= 4 is 0 Å². The highest BCUT2D eigenvalue weighted by molar-refractivity contribution is 4.95. The van der Waals surface area contributed by atoms with Crippen LogP contribution in [0.15, 0.2) is 0 Å². The predicted octanol–water partition coefficient (Wildman–Crippen LogP) is 0.422. The molecule has 0 saturated heterocycles. The Morgan fingerprint density at radius 2 is 2.08 bits per heavy atom. The van der Waals surface area contributed by atoms with Gasteiger partial charge >= 0.3 is 0 Å². The fourth-order valence-electron chi connectivity index (χ4n) is 1.65. The van der Waals surface area contributed by atoms with Gasteiger partial charge in [-0.25, -0.2) is 0 Å². The van der Waals surface area contributed by atoms with Crippen molar-refractivity contribution in [2.24, 2.45) is 0 Å². The van der Waals surface area contributed by atoms with Crippen molar-refractivity contribution in [2.75, 3.05) is 13.6 Å². The molecule has 0 fully saturated rings. The standard InChI is InChI=1S/C8H14N4/c1-7-9-10-8-6-11(2)4-3-5-12(7)8/h3-6H2,1-2H3. The van der Waals surface area contributed by atoms with Crippen LogP contribution >= 0.6 is 0 Å². The van der Waals surface area contributed by atoms with E-state index >= 15 is 0 Å². The molecule has 0 saturated carbocycles. The van der Waals surface area contributed by atoms with E-state index in [2.05, 4.69) is 26.7 Å². The second-order valence-electron chi connectivity index (χ2n) is 3.41. The molecule has 2 heterocycles. The molecular weight excluding hydrogens is 152 g/mol. The minimum absolute atomic E-state index is 0.931. The number of fused-ring (bicyclic) bond motifs is 1. The molecule has 0 amide bonds. The Bertz CT molecular complexity index is 279. The molecule has 0 aliphatic carbocycles. The molecule has 66 valence electrons. The van der Waals surface area contributed by atoms with Crippen LogP contribution in [0.4, 0.5) is 0 Å². The van der Waals surface area contributed by atoms with Gasteiger partial charge in [0.1, 0.15) is 11.6 Å². The van der Waals surface area contributed by atoms with Crippen molar-refractivity contribution in [2.45, 2.75) is 26.4 Å². The molecule has 0 aromatic carbocycles. The Kier molecular flexibility index (Phi) is 1.84. The fraction of sp³-hybridized carbons (Fsp3) is 0.750. The van der Waals surface area contributed by atoms with E-state index in [1.165, 1.54) is 6.42 Å². The Morgan fingerprint density at radius 3 is 2.92 bits per heavy atom. The third kappa shape index (κ3) is 1.22. The van der Waals surface area contributed by atoms with Gasteiger partial charge in [0.2, 0.25) is 0 Å². The van der Waals surface area contributed by atoms with E-state index in [9.17, 15) is 0 Å². The molecule has 1 aromatic heterocycles. The molecule has 1 aliphatic heterocycles. The van der Waals surface area contributed by atoms with Gasteiger partial charge < -0.3 is 4.57 Å². The molecule has 4 heteroatoms. The lowest BCUT2D eigenvalue weighted by atomic mass is 10.4. The monoisotopic (exact) mass is 166 g/mol. The van der Waals surface area contributed by atoms with Crippen LogP contribution in [-0.2, 0) is 13.1 Å². The summed E-state index contributed by atoms with van der Waals surface area (Å²) in [5, 5.41) is 8.20. The Labute approximate surface area is 72.2 Å². The lowest BCUT2D eigenvalue weighted by Gasteiger charge is -2.09. The number of rotatable bonds is 0. The van der Waals surface area contributed by atoms with Crippen LogP contribution in [-0.4, -0.2) is 33.3 Å². The van der Waals surface area contributed by atoms with Crippen molar-refractivity contribution in [1.82, 2.24) is 19.7 Å². The van der Waals surface area contributed by atoms with Gasteiger partial charge in [-0.15, -0.1) is 10.2 Å². The first-order valence-corrected chi connectivity index (χ1v) is 4.34. The summed E-state index contributed by atoms with van der Waals surface area (Å²) in [5.41, 5.74) is 0. The maximum atomic E-state index is 4.14. The first kappa shape index (κ1) is 7.73. The van der Waals surface area contributed by atoms with Crippen LogP contribution in [0.3, 0.4) is 0 Å². The van der Waals surface area contributed by atoms with Gasteiger partial charge in [-0.3, -0.25) is 4.90 Å². The topological polar surface area (TPSA) is 34.0 Å². The first-order valence-electron chi connectivity index (χ1n) is 4.34. The van der Waals surface area contributed by atoms with E-state index in [1.807, 2.05) is 6.92 Å². The summed E-state index contributed by atoms with van der Waals surface area (Å²) in [4.78, 5) is 2.28. The largest absolute Gasteiger partial charge is 0.314 e. The summed E-state index contributed by atoms with van der Waals surface area (Å²) in [7, 11) is 2.12. The van der Waals surface area contributed by atoms with E-state index < -0.39 is 0 Å². The number of hydrogen-bond acceptors (Lipinski definition) is 3. The highest BCUT2D eigenvalue weighted by Crippen LogP contribution is 2.09. The summed E-state index contributed by atoms with van der Waals surface area (Å²) < 4.78 is 2.21. The van der Waals surface area contributed by atoms with Crippen LogP contribution in [0, 0.1) is 6.92 Å². The van der Waals surface area contributed by atoms with Gasteiger partial charge in [0, 0.05) is 13.1 Å². The van der Waals surface area contributed by atoms with E-state index in [4.69, 9.17) is 0 Å². The number of aryl methyl sites for hydroxylation is 1. The number of nitrogens with zero attached hydrogens (tertiary/aromatic N) is 4. The molecule has 1 aliphatic rings. The third-order valence-corrected chi connectivity index (χ3v) is 2.35. The highest BCUT2D eigenvalue weighted by Gasteiger charge is 2.14. The van der Waals surface area contributed by atoms with Crippen molar-refractivity contribution in [3.63, 3.8) is 0 Å². The van der Waals surface area contributed by atoms with Crippen LogP contribution < -0.4 is 0 Å². The van der Waals surface area contributed by atoms with Gasteiger partial charge in [0.05, 0.1) is 6.54 Å². The predicted molar refractivity (Wildman–Crippen MR) is 45.7 cm³/mol. The van der Waals surface area contributed by atoms with E-state index in [-0.39, 0.29) is 0 Å². The van der Waals surface area contributed by atoms with Gasteiger partial charge in [0.25, 0.3) is 0 Å². The van der Waals surface area contributed by atoms with Crippen LogP contribution in [0.5, 0.6) is 0 Å². The van der Waals surface area contributed by atoms with Crippen LogP contribution in [0.2, 0.25) is 0 Å². The zero-order chi connectivity index (χ0) is 8.55. The summed E-state index contributed by atoms with van der Waals surface area (Å²) in [6.45, 7) is 5.17. The minimum Gasteiger partial charge on any atom is -0.314 e. The smallest absolute Gasteiger partial charge is 0.147 e. The molecule has 1 aromatic rings. The zero-order valence-electron chi connectivity index (χ0n) is 7.62. The van der Waals surface area contributed by atoms with E-state index in [0.717, 1.165) is 31.3 Å². The zero-order valence-corrected chi connectivity index (χ0v) is 7.62. The quantitative estimate of drug-likeness (QED) is 0.560. The molecule has 2 rings (SSSR count). The van der Waals surface area contributed by atoms with Gasteiger partial charge in [-0.1, -0.05) is 0 Å². The van der Waals surface area contributed by atoms with E-state index in [0.29, 0.717) is 0 Å². The molecule has 12 heavy (non-hydrogen) atoms. The number of aromatic nitrogens is 3.